The van der Waals surface area contributed by atoms with E-state index in [1.807, 2.05) is 0 Å². The van der Waals surface area contributed by atoms with E-state index >= 15 is 0 Å². The molecule has 148 valence electrons. The Hall–Kier alpha value is -2.08. The van der Waals surface area contributed by atoms with Gasteiger partial charge in [-0.05, 0) is 6.92 Å². The third-order valence-electron chi connectivity index (χ3n) is 3.51. The molecular weight excluding hydrogens is 411 g/mol. The number of carbonyl (C=O) groups is 2. The summed E-state index contributed by atoms with van der Waals surface area (Å²) in [5.74, 6) is -1.83. The van der Waals surface area contributed by atoms with Gasteiger partial charge in [0.15, 0.2) is 10.9 Å². The van der Waals surface area contributed by atoms with Crippen LogP contribution in [0.5, 0.6) is 0 Å². The van der Waals surface area contributed by atoms with Gasteiger partial charge in [-0.25, -0.2) is 4.68 Å². The Morgan fingerprint density at radius 1 is 1.37 bits per heavy atom. The van der Waals surface area contributed by atoms with Gasteiger partial charge >= 0.3 is 12.1 Å². The minimum atomic E-state index is -4.39. The van der Waals surface area contributed by atoms with Crippen molar-refractivity contribution < 1.29 is 27.0 Å². The molecule has 0 N–H and O–H groups in total. The van der Waals surface area contributed by atoms with E-state index in [4.69, 9.17) is 11.6 Å². The molecule has 1 aliphatic rings. The van der Waals surface area contributed by atoms with Crippen LogP contribution in [0.1, 0.15) is 19.8 Å². The van der Waals surface area contributed by atoms with Crippen molar-refractivity contribution in [3.63, 3.8) is 0 Å². The standard InChI is InChI=1S/C14H15ClF3N5O3S/c1-2-22(11(24)3-5-27(26)6-4-14(16,17)18)10-8-23(21-12(10)15)9-7-19-20-13(9)25/h7-8H,2-6H2,1H3. The first-order valence-electron chi connectivity index (χ1n) is 7.75. The largest absolute Gasteiger partial charge is 0.390 e. The van der Waals surface area contributed by atoms with Gasteiger partial charge in [-0.2, -0.15) is 23.4 Å². The summed E-state index contributed by atoms with van der Waals surface area (Å²) in [6, 6.07) is 0. The van der Waals surface area contributed by atoms with Crippen molar-refractivity contribution in [1.29, 1.82) is 0 Å². The van der Waals surface area contributed by atoms with Crippen LogP contribution < -0.4 is 4.90 Å². The second-order valence-corrected chi connectivity index (χ2v) is 7.44. The lowest BCUT2D eigenvalue weighted by Crippen LogP contribution is -2.31. The first-order valence-corrected chi connectivity index (χ1v) is 9.62. The Morgan fingerprint density at radius 3 is 2.63 bits per heavy atom. The number of hydrogen-bond donors (Lipinski definition) is 0. The lowest BCUT2D eigenvalue weighted by molar-refractivity contribution is -0.129. The molecule has 0 aromatic carbocycles. The quantitative estimate of drug-likeness (QED) is 0.639. The van der Waals surface area contributed by atoms with Crippen molar-refractivity contribution in [3.8, 4) is 0 Å². The third kappa shape index (κ3) is 5.70. The third-order valence-corrected chi connectivity index (χ3v) is 5.10. The normalized spacial score (nSPS) is 15.1. The zero-order valence-corrected chi connectivity index (χ0v) is 15.6. The van der Waals surface area contributed by atoms with E-state index in [-0.39, 0.29) is 35.3 Å². The summed E-state index contributed by atoms with van der Waals surface area (Å²) in [5.41, 5.74) is 0.269. The van der Waals surface area contributed by atoms with Crippen LogP contribution in [0.3, 0.4) is 0 Å². The highest BCUT2D eigenvalue weighted by Crippen LogP contribution is 2.27. The highest BCUT2D eigenvalue weighted by molar-refractivity contribution is 7.84. The molecule has 2 rings (SSSR count). The van der Waals surface area contributed by atoms with Crippen LogP contribution in [0.4, 0.5) is 18.9 Å². The van der Waals surface area contributed by atoms with Gasteiger partial charge in [-0.3, -0.25) is 13.8 Å². The number of azo groups is 1. The lowest BCUT2D eigenvalue weighted by atomic mass is 10.3. The number of nitrogens with zero attached hydrogens (tertiary/aromatic N) is 5. The SMILES string of the molecule is CCN(C(=O)CCS(=O)CCC(F)(F)F)c1cn(C2=CN=NC2=O)nc1Cl. The molecule has 0 spiro atoms. The molecule has 8 nitrogen and oxygen atoms in total. The Kier molecular flexibility index (Phi) is 6.87. The Balaban J connectivity index is 2.02. The Bertz CT molecular complexity index is 821. The van der Waals surface area contributed by atoms with Gasteiger partial charge in [0.1, 0.15) is 5.69 Å². The summed E-state index contributed by atoms with van der Waals surface area (Å²) in [5, 5.41) is 10.7. The number of anilines is 1. The van der Waals surface area contributed by atoms with Crippen LogP contribution in [-0.2, 0) is 20.4 Å². The molecule has 27 heavy (non-hydrogen) atoms. The molecule has 2 heterocycles. The summed E-state index contributed by atoms with van der Waals surface area (Å²) in [6.45, 7) is 1.86. The maximum atomic E-state index is 12.4. The van der Waals surface area contributed by atoms with Crippen molar-refractivity contribution >= 4 is 45.6 Å². The van der Waals surface area contributed by atoms with Gasteiger partial charge in [-0.1, -0.05) is 11.6 Å². The molecule has 1 atom stereocenters. The van der Waals surface area contributed by atoms with Crippen molar-refractivity contribution in [2.75, 3.05) is 23.0 Å². The number of hydrogen-bond acceptors (Lipinski definition) is 5. The first kappa shape index (κ1) is 21.2. The van der Waals surface area contributed by atoms with E-state index in [1.54, 1.807) is 6.92 Å². The fraction of sp³-hybridized carbons (Fsp3) is 0.500. The highest BCUT2D eigenvalue weighted by Gasteiger charge is 2.28. The summed E-state index contributed by atoms with van der Waals surface area (Å²) in [7, 11) is -1.77. The summed E-state index contributed by atoms with van der Waals surface area (Å²) >= 11 is 6.04. The number of alkyl halides is 3. The topological polar surface area (TPSA) is 97.0 Å². The number of carbonyl (C=O) groups excluding carboxylic acids is 2. The molecule has 2 amide bonds. The average molecular weight is 426 g/mol. The summed E-state index contributed by atoms with van der Waals surface area (Å²) in [4.78, 5) is 25.2. The van der Waals surface area contributed by atoms with E-state index in [2.05, 4.69) is 15.3 Å². The zero-order chi connectivity index (χ0) is 20.2. The summed E-state index contributed by atoms with van der Waals surface area (Å²) in [6.07, 6.45) is -3.22. The van der Waals surface area contributed by atoms with Crippen LogP contribution in [0.15, 0.2) is 22.6 Å². The molecule has 0 saturated heterocycles. The molecule has 0 aliphatic carbocycles. The predicted molar refractivity (Wildman–Crippen MR) is 92.6 cm³/mol. The fourth-order valence-corrected chi connectivity index (χ4v) is 3.49. The molecule has 1 unspecified atom stereocenters. The predicted octanol–water partition coefficient (Wildman–Crippen LogP) is 2.77. The van der Waals surface area contributed by atoms with Crippen molar-refractivity contribution in [2.24, 2.45) is 10.2 Å². The monoisotopic (exact) mass is 425 g/mol. The molecule has 1 aliphatic heterocycles. The second kappa shape index (κ2) is 8.74. The fourth-order valence-electron chi connectivity index (χ4n) is 2.20. The smallest absolute Gasteiger partial charge is 0.308 e. The van der Waals surface area contributed by atoms with Gasteiger partial charge in [0.05, 0.1) is 18.8 Å². The molecule has 13 heteroatoms. The second-order valence-electron chi connectivity index (χ2n) is 5.39. The van der Waals surface area contributed by atoms with Crippen molar-refractivity contribution in [2.45, 2.75) is 25.9 Å². The van der Waals surface area contributed by atoms with Crippen LogP contribution in [0.2, 0.25) is 5.15 Å². The van der Waals surface area contributed by atoms with Crippen LogP contribution in [0.25, 0.3) is 5.70 Å². The van der Waals surface area contributed by atoms with E-state index in [0.29, 0.717) is 0 Å². The number of halogens is 4. The Labute approximate surface area is 159 Å². The number of rotatable bonds is 8. The number of aromatic nitrogens is 2. The van der Waals surface area contributed by atoms with Gasteiger partial charge in [0, 0.05) is 35.3 Å². The minimum Gasteiger partial charge on any atom is -0.308 e. The minimum absolute atomic E-state index is 0.0519. The highest BCUT2D eigenvalue weighted by atomic mass is 35.5. The maximum absolute atomic E-state index is 12.4. The van der Waals surface area contributed by atoms with Crippen LogP contribution in [-0.4, -0.2) is 50.0 Å². The molecule has 0 saturated carbocycles. The average Bonchev–Trinajstić information content (AvgIpc) is 3.17. The van der Waals surface area contributed by atoms with E-state index in [9.17, 15) is 27.0 Å². The molecular formula is C14H15ClF3N5O3S. The van der Waals surface area contributed by atoms with Crippen LogP contribution >= 0.6 is 11.6 Å². The molecule has 0 fully saturated rings. The lowest BCUT2D eigenvalue weighted by Gasteiger charge is -2.19. The van der Waals surface area contributed by atoms with E-state index in [1.165, 1.54) is 17.3 Å². The molecule has 0 radical (unpaired) electrons. The first-order chi connectivity index (χ1) is 12.6. The van der Waals surface area contributed by atoms with Crippen LogP contribution in [0, 0.1) is 0 Å². The van der Waals surface area contributed by atoms with Crippen molar-refractivity contribution in [3.05, 3.63) is 17.5 Å². The van der Waals surface area contributed by atoms with Crippen molar-refractivity contribution in [1.82, 2.24) is 9.78 Å². The number of amides is 2. The Morgan fingerprint density at radius 2 is 2.07 bits per heavy atom. The summed E-state index contributed by atoms with van der Waals surface area (Å²) < 4.78 is 49.2. The van der Waals surface area contributed by atoms with Gasteiger partial charge in [0.25, 0.3) is 0 Å². The van der Waals surface area contributed by atoms with Gasteiger partial charge in [0.2, 0.25) is 5.91 Å². The van der Waals surface area contributed by atoms with E-state index < -0.39 is 41.0 Å². The molecule has 0 bridgehead atoms. The van der Waals surface area contributed by atoms with E-state index in [0.717, 1.165) is 4.68 Å². The van der Waals surface area contributed by atoms with Gasteiger partial charge < -0.3 is 4.90 Å². The molecule has 1 aromatic rings. The van der Waals surface area contributed by atoms with Gasteiger partial charge in [-0.15, -0.1) is 5.11 Å². The molecule has 1 aromatic heterocycles. The zero-order valence-electron chi connectivity index (χ0n) is 14.1. The maximum Gasteiger partial charge on any atom is 0.390 e.